The van der Waals surface area contributed by atoms with Crippen LogP contribution in [0.4, 0.5) is 4.39 Å². The molecule has 1 fully saturated rings. The number of thioether (sulfide) groups is 1. The molecule has 1 aliphatic rings. The average molecular weight is 395 g/mol. The lowest BCUT2D eigenvalue weighted by atomic mass is 10.1. The van der Waals surface area contributed by atoms with Gasteiger partial charge in [-0.15, -0.1) is 11.8 Å². The van der Waals surface area contributed by atoms with Crippen molar-refractivity contribution in [2.24, 2.45) is 0 Å². The van der Waals surface area contributed by atoms with Crippen LogP contribution in [0.1, 0.15) is 10.8 Å². The number of hydrogen-bond donors (Lipinski definition) is 0. The zero-order chi connectivity index (χ0) is 18.6. The third kappa shape index (κ3) is 4.84. The van der Waals surface area contributed by atoms with Gasteiger partial charge < -0.3 is 0 Å². The molecule has 138 valence electrons. The molecule has 1 aliphatic heterocycles. The predicted octanol–water partition coefficient (Wildman–Crippen LogP) is 2.85. The maximum atomic E-state index is 13.2. The molecule has 0 radical (unpaired) electrons. The molecule has 5 nitrogen and oxygen atoms in total. The van der Waals surface area contributed by atoms with Crippen molar-refractivity contribution in [1.82, 2.24) is 5.06 Å². The molecular formula is C18H18FNO4S2. The van der Waals surface area contributed by atoms with E-state index in [1.807, 2.05) is 30.3 Å². The topological polar surface area (TPSA) is 63.7 Å². The van der Waals surface area contributed by atoms with Crippen LogP contribution in [-0.4, -0.2) is 44.0 Å². The molecular weight excluding hydrogens is 377 g/mol. The third-order valence-corrected chi connectivity index (χ3v) is 6.73. The number of hydrogen-bond acceptors (Lipinski definition) is 5. The van der Waals surface area contributed by atoms with E-state index < -0.39 is 15.1 Å². The average Bonchev–Trinajstić information content (AvgIpc) is 2.82. The number of amides is 1. The predicted molar refractivity (Wildman–Crippen MR) is 97.8 cm³/mol. The fraction of sp³-hybridized carbons (Fsp3) is 0.278. The molecule has 0 aromatic heterocycles. The lowest BCUT2D eigenvalue weighted by molar-refractivity contribution is -0.181. The van der Waals surface area contributed by atoms with Crippen LogP contribution >= 0.6 is 11.8 Å². The Morgan fingerprint density at radius 3 is 2.46 bits per heavy atom. The number of nitrogens with zero attached hydrogens (tertiary/aromatic N) is 1. The van der Waals surface area contributed by atoms with Gasteiger partial charge in [-0.25, -0.2) is 17.9 Å². The smallest absolute Gasteiger partial charge is 0.264 e. The van der Waals surface area contributed by atoms with E-state index in [1.165, 1.54) is 23.9 Å². The first-order chi connectivity index (χ1) is 12.4. The Morgan fingerprint density at radius 2 is 1.77 bits per heavy atom. The van der Waals surface area contributed by atoms with Crippen LogP contribution in [0.2, 0.25) is 0 Å². The summed E-state index contributed by atoms with van der Waals surface area (Å²) in [6.07, 6.45) is 0. The van der Waals surface area contributed by atoms with Gasteiger partial charge in [0.1, 0.15) is 11.1 Å². The van der Waals surface area contributed by atoms with Crippen LogP contribution in [-0.2, 0) is 19.5 Å². The van der Waals surface area contributed by atoms with E-state index in [0.29, 0.717) is 0 Å². The highest BCUT2D eigenvalue weighted by molar-refractivity contribution is 8.00. The Kier molecular flexibility index (Phi) is 5.95. The number of benzene rings is 2. The maximum absolute atomic E-state index is 13.2. The normalized spacial score (nSPS) is 18.1. The minimum Gasteiger partial charge on any atom is -0.271 e. The Labute approximate surface area is 156 Å². The minimum atomic E-state index is -3.21. The van der Waals surface area contributed by atoms with Crippen molar-refractivity contribution in [1.29, 1.82) is 0 Å². The van der Waals surface area contributed by atoms with Gasteiger partial charge in [0.25, 0.3) is 5.91 Å². The monoisotopic (exact) mass is 395 g/mol. The Morgan fingerprint density at radius 1 is 1.08 bits per heavy atom. The van der Waals surface area contributed by atoms with Crippen molar-refractivity contribution in [3.05, 3.63) is 66.0 Å². The summed E-state index contributed by atoms with van der Waals surface area (Å²) in [5.74, 6) is -0.903. The number of sulfone groups is 1. The van der Waals surface area contributed by atoms with Gasteiger partial charge in [-0.1, -0.05) is 30.3 Å². The quantitative estimate of drug-likeness (QED) is 0.745. The molecule has 1 atom stereocenters. The van der Waals surface area contributed by atoms with Gasteiger partial charge >= 0.3 is 0 Å². The van der Waals surface area contributed by atoms with Gasteiger partial charge in [0.05, 0.1) is 24.7 Å². The first-order valence-corrected chi connectivity index (χ1v) is 10.8. The first-order valence-electron chi connectivity index (χ1n) is 8.06. The number of halogens is 1. The van der Waals surface area contributed by atoms with E-state index in [0.717, 1.165) is 15.5 Å². The SMILES string of the molecule is O=C(C(Sc1ccc(F)cc1)c1ccccc1)N1CCS(=O)(=O)CCO1. The van der Waals surface area contributed by atoms with Crippen LogP contribution < -0.4 is 0 Å². The molecule has 3 rings (SSSR count). The van der Waals surface area contributed by atoms with Crippen LogP contribution in [0.25, 0.3) is 0 Å². The van der Waals surface area contributed by atoms with Crippen LogP contribution in [0.5, 0.6) is 0 Å². The summed E-state index contributed by atoms with van der Waals surface area (Å²) in [6, 6.07) is 15.1. The number of carbonyl (C=O) groups is 1. The standard InChI is InChI=1S/C18H18FNO4S2/c19-15-6-8-16(9-7-15)25-17(14-4-2-1-3-5-14)18(21)20-10-12-26(22,23)13-11-24-20/h1-9,17H,10-13H2. The van der Waals surface area contributed by atoms with Gasteiger partial charge in [-0.3, -0.25) is 9.63 Å². The van der Waals surface area contributed by atoms with Crippen LogP contribution in [0.3, 0.4) is 0 Å². The molecule has 0 spiro atoms. The highest BCUT2D eigenvalue weighted by Crippen LogP contribution is 2.37. The molecule has 1 amide bonds. The second-order valence-corrected chi connectivity index (χ2v) is 9.27. The molecule has 26 heavy (non-hydrogen) atoms. The lowest BCUT2D eigenvalue weighted by Crippen LogP contribution is -2.35. The highest BCUT2D eigenvalue weighted by atomic mass is 32.2. The van der Waals surface area contributed by atoms with Crippen molar-refractivity contribution in [3.63, 3.8) is 0 Å². The van der Waals surface area contributed by atoms with Crippen molar-refractivity contribution in [2.45, 2.75) is 10.1 Å². The molecule has 2 aromatic rings. The Bertz CT molecular complexity index is 857. The van der Waals surface area contributed by atoms with Crippen LogP contribution in [0, 0.1) is 5.82 Å². The van der Waals surface area contributed by atoms with Gasteiger partial charge in [-0.05, 0) is 29.8 Å². The summed E-state index contributed by atoms with van der Waals surface area (Å²) >= 11 is 1.27. The van der Waals surface area contributed by atoms with Crippen LogP contribution in [0.15, 0.2) is 59.5 Å². The molecule has 1 saturated heterocycles. The van der Waals surface area contributed by atoms with Gasteiger partial charge in [0, 0.05) is 4.90 Å². The van der Waals surface area contributed by atoms with E-state index in [2.05, 4.69) is 0 Å². The minimum absolute atomic E-state index is 0.00548. The van der Waals surface area contributed by atoms with Gasteiger partial charge in [0.2, 0.25) is 0 Å². The lowest BCUT2D eigenvalue weighted by Gasteiger charge is -2.24. The second kappa shape index (κ2) is 8.20. The fourth-order valence-corrected chi connectivity index (χ4v) is 4.56. The third-order valence-electron chi connectivity index (χ3n) is 3.89. The highest BCUT2D eigenvalue weighted by Gasteiger charge is 2.31. The van der Waals surface area contributed by atoms with Gasteiger partial charge in [0.15, 0.2) is 9.84 Å². The summed E-state index contributed by atoms with van der Waals surface area (Å²) in [7, 11) is -3.21. The van der Waals surface area contributed by atoms with Gasteiger partial charge in [-0.2, -0.15) is 0 Å². The molecule has 2 aromatic carbocycles. The van der Waals surface area contributed by atoms with Crippen molar-refractivity contribution in [2.75, 3.05) is 24.7 Å². The number of hydroxylamine groups is 2. The summed E-state index contributed by atoms with van der Waals surface area (Å²) < 4.78 is 36.6. The summed E-state index contributed by atoms with van der Waals surface area (Å²) in [5, 5.41) is 0.515. The Balaban J connectivity index is 1.85. The molecule has 0 saturated carbocycles. The van der Waals surface area contributed by atoms with E-state index in [1.54, 1.807) is 12.1 Å². The number of rotatable bonds is 4. The Hall–Kier alpha value is -1.90. The molecule has 0 aliphatic carbocycles. The largest absolute Gasteiger partial charge is 0.271 e. The molecule has 0 bridgehead atoms. The summed E-state index contributed by atoms with van der Waals surface area (Å²) in [6.45, 7) is -0.0503. The zero-order valence-corrected chi connectivity index (χ0v) is 15.5. The maximum Gasteiger partial charge on any atom is 0.264 e. The zero-order valence-electron chi connectivity index (χ0n) is 13.9. The summed E-state index contributed by atoms with van der Waals surface area (Å²) in [4.78, 5) is 19.2. The second-order valence-electron chi connectivity index (χ2n) is 5.79. The summed E-state index contributed by atoms with van der Waals surface area (Å²) in [5.41, 5.74) is 0.766. The van der Waals surface area contributed by atoms with E-state index in [4.69, 9.17) is 4.84 Å². The van der Waals surface area contributed by atoms with E-state index in [9.17, 15) is 17.6 Å². The molecule has 8 heteroatoms. The molecule has 1 heterocycles. The van der Waals surface area contributed by atoms with Crippen molar-refractivity contribution in [3.8, 4) is 0 Å². The fourth-order valence-electron chi connectivity index (χ4n) is 2.51. The van der Waals surface area contributed by atoms with Crippen molar-refractivity contribution < 1.29 is 22.4 Å². The molecule has 1 unspecified atom stereocenters. The van der Waals surface area contributed by atoms with E-state index in [-0.39, 0.29) is 36.4 Å². The molecule has 0 N–H and O–H groups in total. The first kappa shape index (κ1) is 18.9. The van der Waals surface area contributed by atoms with E-state index >= 15 is 0 Å². The number of carbonyl (C=O) groups excluding carboxylic acids is 1. The van der Waals surface area contributed by atoms with Crippen molar-refractivity contribution >= 4 is 27.5 Å².